The summed E-state index contributed by atoms with van der Waals surface area (Å²) in [5.41, 5.74) is 4.20. The Kier molecular flexibility index (Phi) is 6.84. The van der Waals surface area contributed by atoms with E-state index in [4.69, 9.17) is 4.99 Å². The van der Waals surface area contributed by atoms with Crippen molar-refractivity contribution in [3.8, 4) is 0 Å². The summed E-state index contributed by atoms with van der Waals surface area (Å²) in [6.45, 7) is 7.77. The van der Waals surface area contributed by atoms with Gasteiger partial charge in [-0.05, 0) is 41.8 Å². The number of rotatable bonds is 7. The first-order valence-electron chi connectivity index (χ1n) is 12.2. The van der Waals surface area contributed by atoms with Gasteiger partial charge in [0.15, 0.2) is 5.66 Å². The monoisotopic (exact) mass is 465 g/mol. The third-order valence-electron chi connectivity index (χ3n) is 6.76. The number of hydrogen-bond acceptors (Lipinski definition) is 5. The molecule has 2 aliphatic heterocycles. The molecule has 1 aromatic heterocycles. The number of amides is 1. The number of aliphatic imine (C=N–C) groups is 1. The van der Waals surface area contributed by atoms with Crippen molar-refractivity contribution in [3.05, 3.63) is 114 Å². The summed E-state index contributed by atoms with van der Waals surface area (Å²) in [4.78, 5) is 27.1. The molecule has 0 bridgehead atoms. The number of nitrogens with one attached hydrogen (secondary N) is 1. The first-order valence-corrected chi connectivity index (χ1v) is 12.2. The Labute approximate surface area is 207 Å². The lowest BCUT2D eigenvalue weighted by atomic mass is 10.0. The number of carbonyl (C=O) groups is 1. The van der Waals surface area contributed by atoms with Gasteiger partial charge in [0.1, 0.15) is 0 Å². The lowest BCUT2D eigenvalue weighted by Crippen LogP contribution is -2.51. The Balaban J connectivity index is 1.30. The highest BCUT2D eigenvalue weighted by molar-refractivity contribution is 6.11. The average Bonchev–Trinajstić information content (AvgIpc) is 3.22. The molecule has 1 N–H and O–H groups in total. The SMILES string of the molecule is CC1(NC(=O)c2ccncc2)N=C(c2ccccc2)C=C1CN1CCN(Cc2ccccc2)CC1. The van der Waals surface area contributed by atoms with E-state index >= 15 is 0 Å². The number of allylic oxidation sites excluding steroid dienone is 1. The first-order chi connectivity index (χ1) is 17.1. The number of benzene rings is 2. The highest BCUT2D eigenvalue weighted by Crippen LogP contribution is 2.29. The molecule has 178 valence electrons. The molecule has 0 radical (unpaired) electrons. The van der Waals surface area contributed by atoms with Crippen LogP contribution in [-0.4, -0.2) is 64.8 Å². The molecule has 6 heteroatoms. The Hall–Kier alpha value is -3.61. The van der Waals surface area contributed by atoms with Gasteiger partial charge in [-0.1, -0.05) is 60.7 Å². The van der Waals surface area contributed by atoms with Crippen LogP contribution in [0.5, 0.6) is 0 Å². The molecule has 2 aromatic carbocycles. The number of nitrogens with zero attached hydrogens (tertiary/aromatic N) is 4. The molecule has 0 aliphatic carbocycles. The van der Waals surface area contributed by atoms with Crippen LogP contribution < -0.4 is 5.32 Å². The van der Waals surface area contributed by atoms with Gasteiger partial charge in [-0.25, -0.2) is 0 Å². The summed E-state index contributed by atoms with van der Waals surface area (Å²) in [6.07, 6.45) is 5.42. The van der Waals surface area contributed by atoms with E-state index in [0.717, 1.165) is 56.1 Å². The van der Waals surface area contributed by atoms with E-state index in [-0.39, 0.29) is 5.91 Å². The van der Waals surface area contributed by atoms with Crippen molar-refractivity contribution in [2.75, 3.05) is 32.7 Å². The first kappa shape index (κ1) is 23.1. The van der Waals surface area contributed by atoms with Gasteiger partial charge in [-0.15, -0.1) is 0 Å². The maximum atomic E-state index is 13.0. The minimum atomic E-state index is -0.799. The van der Waals surface area contributed by atoms with Crippen molar-refractivity contribution in [1.29, 1.82) is 0 Å². The fourth-order valence-electron chi connectivity index (χ4n) is 4.70. The Morgan fingerprint density at radius 3 is 2.11 bits per heavy atom. The molecule has 2 aliphatic rings. The van der Waals surface area contributed by atoms with Gasteiger partial charge in [0, 0.05) is 57.2 Å². The summed E-state index contributed by atoms with van der Waals surface area (Å²) in [5, 5.41) is 3.19. The summed E-state index contributed by atoms with van der Waals surface area (Å²) in [7, 11) is 0. The molecule has 1 saturated heterocycles. The van der Waals surface area contributed by atoms with E-state index in [1.165, 1.54) is 5.56 Å². The Morgan fingerprint density at radius 1 is 0.857 bits per heavy atom. The third kappa shape index (κ3) is 5.56. The van der Waals surface area contributed by atoms with Gasteiger partial charge in [0.05, 0.1) is 5.71 Å². The van der Waals surface area contributed by atoms with E-state index in [1.54, 1.807) is 24.5 Å². The number of hydrogen-bond donors (Lipinski definition) is 1. The van der Waals surface area contributed by atoms with Crippen LogP contribution in [0.1, 0.15) is 28.4 Å². The maximum absolute atomic E-state index is 13.0. The molecule has 6 nitrogen and oxygen atoms in total. The van der Waals surface area contributed by atoms with Gasteiger partial charge in [-0.2, -0.15) is 0 Å². The highest BCUT2D eigenvalue weighted by atomic mass is 16.2. The third-order valence-corrected chi connectivity index (χ3v) is 6.76. The van der Waals surface area contributed by atoms with Crippen molar-refractivity contribution >= 4 is 11.6 Å². The van der Waals surface area contributed by atoms with Crippen LogP contribution in [0.15, 0.2) is 102 Å². The van der Waals surface area contributed by atoms with Crippen LogP contribution in [0.4, 0.5) is 0 Å². The number of piperazine rings is 1. The molecule has 35 heavy (non-hydrogen) atoms. The van der Waals surface area contributed by atoms with Gasteiger partial charge in [-0.3, -0.25) is 24.6 Å². The predicted molar refractivity (Wildman–Crippen MR) is 139 cm³/mol. The van der Waals surface area contributed by atoms with Gasteiger partial charge in [0.2, 0.25) is 0 Å². The molecular formula is C29H31N5O. The molecular weight excluding hydrogens is 434 g/mol. The minimum absolute atomic E-state index is 0.147. The normalized spacial score (nSPS) is 20.8. The zero-order chi connectivity index (χ0) is 24.1. The van der Waals surface area contributed by atoms with Gasteiger partial charge in [0.25, 0.3) is 5.91 Å². The zero-order valence-electron chi connectivity index (χ0n) is 20.1. The zero-order valence-corrected chi connectivity index (χ0v) is 20.1. The molecule has 3 aromatic rings. The van der Waals surface area contributed by atoms with Crippen molar-refractivity contribution in [3.63, 3.8) is 0 Å². The van der Waals surface area contributed by atoms with E-state index in [9.17, 15) is 4.79 Å². The predicted octanol–water partition coefficient (Wildman–Crippen LogP) is 3.77. The molecule has 1 atom stereocenters. The van der Waals surface area contributed by atoms with Gasteiger partial charge < -0.3 is 5.32 Å². The second kappa shape index (κ2) is 10.3. The fourth-order valence-corrected chi connectivity index (χ4v) is 4.70. The molecule has 3 heterocycles. The van der Waals surface area contributed by atoms with Gasteiger partial charge >= 0.3 is 0 Å². The average molecular weight is 466 g/mol. The number of aromatic nitrogens is 1. The second-order valence-corrected chi connectivity index (χ2v) is 9.33. The largest absolute Gasteiger partial charge is 0.324 e. The summed E-state index contributed by atoms with van der Waals surface area (Å²) < 4.78 is 0. The lowest BCUT2D eigenvalue weighted by molar-refractivity contribution is 0.0914. The highest BCUT2D eigenvalue weighted by Gasteiger charge is 2.36. The standard InChI is InChI=1S/C29H31N5O/c1-29(32-28(35)25-12-14-30-15-13-25)26(20-27(31-29)24-10-6-3-7-11-24)22-34-18-16-33(17-19-34)21-23-8-4-2-5-9-23/h2-15,20H,16-19,21-22H2,1H3,(H,32,35). The lowest BCUT2D eigenvalue weighted by Gasteiger charge is -2.37. The molecule has 1 amide bonds. The molecule has 0 spiro atoms. The quantitative estimate of drug-likeness (QED) is 0.577. The van der Waals surface area contributed by atoms with Crippen molar-refractivity contribution in [1.82, 2.24) is 20.1 Å². The minimum Gasteiger partial charge on any atom is -0.324 e. The number of pyridine rings is 1. The van der Waals surface area contributed by atoms with E-state index in [0.29, 0.717) is 5.56 Å². The van der Waals surface area contributed by atoms with Crippen LogP contribution in [0.3, 0.4) is 0 Å². The maximum Gasteiger partial charge on any atom is 0.253 e. The second-order valence-electron chi connectivity index (χ2n) is 9.33. The summed E-state index contributed by atoms with van der Waals surface area (Å²) in [6, 6.07) is 24.3. The van der Waals surface area contributed by atoms with Crippen molar-refractivity contribution < 1.29 is 4.79 Å². The van der Waals surface area contributed by atoms with Crippen LogP contribution in [0.25, 0.3) is 0 Å². The summed E-state index contributed by atoms with van der Waals surface area (Å²) >= 11 is 0. The van der Waals surface area contributed by atoms with E-state index < -0.39 is 5.66 Å². The van der Waals surface area contributed by atoms with Crippen LogP contribution in [0.2, 0.25) is 0 Å². The fraction of sp³-hybridized carbons (Fsp3) is 0.276. The number of carbonyl (C=O) groups excluding carboxylic acids is 1. The smallest absolute Gasteiger partial charge is 0.253 e. The molecule has 1 fully saturated rings. The molecule has 0 saturated carbocycles. The van der Waals surface area contributed by atoms with Crippen LogP contribution in [-0.2, 0) is 6.54 Å². The van der Waals surface area contributed by atoms with E-state index in [1.807, 2.05) is 25.1 Å². The summed E-state index contributed by atoms with van der Waals surface area (Å²) in [5.74, 6) is -0.147. The van der Waals surface area contributed by atoms with Crippen LogP contribution in [0, 0.1) is 0 Å². The topological polar surface area (TPSA) is 60.8 Å². The van der Waals surface area contributed by atoms with Crippen molar-refractivity contribution in [2.24, 2.45) is 4.99 Å². The Bertz CT molecular complexity index is 1200. The molecule has 1 unspecified atom stereocenters. The van der Waals surface area contributed by atoms with Crippen LogP contribution >= 0.6 is 0 Å². The van der Waals surface area contributed by atoms with E-state index in [2.05, 4.69) is 68.6 Å². The molecule has 5 rings (SSSR count). The Morgan fingerprint density at radius 2 is 1.46 bits per heavy atom. The van der Waals surface area contributed by atoms with Crippen molar-refractivity contribution in [2.45, 2.75) is 19.1 Å².